The van der Waals surface area contributed by atoms with E-state index in [1.807, 2.05) is 0 Å². The normalized spacial score (nSPS) is 25.5. The molecule has 3 aromatic rings. The molecule has 0 spiro atoms. The number of aromatic nitrogens is 1. The predicted octanol–water partition coefficient (Wildman–Crippen LogP) is 4.82. The molecule has 0 amide bonds. The Morgan fingerprint density at radius 3 is 2.53 bits per heavy atom. The van der Waals surface area contributed by atoms with Gasteiger partial charge < -0.3 is 15.0 Å². The quantitative estimate of drug-likeness (QED) is 0.582. The summed E-state index contributed by atoms with van der Waals surface area (Å²) in [5, 5.41) is 5.02. The van der Waals surface area contributed by atoms with E-state index in [2.05, 4.69) is 84.5 Å². The summed E-state index contributed by atoms with van der Waals surface area (Å²) in [6.07, 6.45) is 2.61. The topological polar surface area (TPSA) is 57.4 Å². The van der Waals surface area contributed by atoms with Gasteiger partial charge in [-0.15, -0.1) is 0 Å². The monoisotopic (exact) mass is 431 g/mol. The van der Waals surface area contributed by atoms with Gasteiger partial charge in [0, 0.05) is 41.1 Å². The fraction of sp³-hybridized carbons (Fsp3) is 0.444. The average molecular weight is 432 g/mol. The first-order valence-corrected chi connectivity index (χ1v) is 11.7. The minimum absolute atomic E-state index is 0.131. The van der Waals surface area contributed by atoms with E-state index in [0.29, 0.717) is 18.5 Å². The number of nitrogens with one attached hydrogen (secondary N) is 2. The largest absolute Gasteiger partial charge is 0.468 e. The molecule has 1 aromatic heterocycles. The van der Waals surface area contributed by atoms with Gasteiger partial charge in [-0.25, -0.2) is 0 Å². The fourth-order valence-electron chi connectivity index (χ4n) is 5.87. The Kier molecular flexibility index (Phi) is 5.56. The lowest BCUT2D eigenvalue weighted by molar-refractivity contribution is -0.152. The summed E-state index contributed by atoms with van der Waals surface area (Å²) in [6.45, 7) is 6.53. The molecule has 3 heterocycles. The number of benzene rings is 2. The van der Waals surface area contributed by atoms with Gasteiger partial charge in [-0.2, -0.15) is 0 Å². The second kappa shape index (κ2) is 8.38. The number of ether oxygens (including phenoxy) is 1. The number of fused-ring (bicyclic) bond motifs is 5. The molecule has 0 unspecified atom stereocenters. The number of aryl methyl sites for hydroxylation is 1. The number of hydrogen-bond donors (Lipinski definition) is 2. The van der Waals surface area contributed by atoms with Crippen molar-refractivity contribution in [1.82, 2.24) is 15.2 Å². The molecule has 4 atom stereocenters. The summed E-state index contributed by atoms with van der Waals surface area (Å²) in [5.74, 6) is -0.140. The van der Waals surface area contributed by atoms with Crippen LogP contribution in [0.2, 0.25) is 0 Å². The molecule has 1 fully saturated rings. The van der Waals surface area contributed by atoms with Crippen molar-refractivity contribution in [2.45, 2.75) is 70.2 Å². The van der Waals surface area contributed by atoms with E-state index in [1.165, 1.54) is 34.9 Å². The van der Waals surface area contributed by atoms with E-state index in [-0.39, 0.29) is 24.1 Å². The Morgan fingerprint density at radius 1 is 1.09 bits per heavy atom. The summed E-state index contributed by atoms with van der Waals surface area (Å²) < 4.78 is 5.33. The molecule has 32 heavy (non-hydrogen) atoms. The van der Waals surface area contributed by atoms with Gasteiger partial charge in [0.15, 0.2) is 0 Å². The molecule has 5 heteroatoms. The van der Waals surface area contributed by atoms with Crippen molar-refractivity contribution in [1.29, 1.82) is 0 Å². The molecular formula is C27H33N3O2. The van der Waals surface area contributed by atoms with Gasteiger partial charge in [0.05, 0.1) is 13.2 Å². The lowest BCUT2D eigenvalue weighted by Crippen LogP contribution is -2.56. The van der Waals surface area contributed by atoms with E-state index >= 15 is 0 Å². The Hall–Kier alpha value is -2.63. The second-order valence-electron chi connectivity index (χ2n) is 9.69. The molecule has 0 radical (unpaired) electrons. The van der Waals surface area contributed by atoms with Gasteiger partial charge in [0.2, 0.25) is 0 Å². The highest BCUT2D eigenvalue weighted by Crippen LogP contribution is 2.48. The summed E-state index contributed by atoms with van der Waals surface area (Å²) in [6, 6.07) is 18.0. The molecule has 5 nitrogen and oxygen atoms in total. The van der Waals surface area contributed by atoms with E-state index in [0.717, 1.165) is 18.4 Å². The van der Waals surface area contributed by atoms with E-state index in [4.69, 9.17) is 4.74 Å². The highest BCUT2D eigenvalue weighted by Gasteiger charge is 2.48. The minimum Gasteiger partial charge on any atom is -0.468 e. The van der Waals surface area contributed by atoms with Crippen LogP contribution in [0.3, 0.4) is 0 Å². The van der Waals surface area contributed by atoms with E-state index in [1.54, 1.807) is 0 Å². The molecule has 0 aliphatic carbocycles. The maximum absolute atomic E-state index is 13.1. The summed E-state index contributed by atoms with van der Waals surface area (Å²) >= 11 is 0. The van der Waals surface area contributed by atoms with E-state index < -0.39 is 0 Å². The van der Waals surface area contributed by atoms with E-state index in [9.17, 15) is 4.79 Å². The van der Waals surface area contributed by atoms with Crippen LogP contribution in [0.25, 0.3) is 10.9 Å². The Bertz CT molecular complexity index is 1120. The van der Waals surface area contributed by atoms with Crippen molar-refractivity contribution in [3.63, 3.8) is 0 Å². The zero-order chi connectivity index (χ0) is 22.4. The molecule has 2 aromatic carbocycles. The lowest BCUT2D eigenvalue weighted by Gasteiger charge is -2.51. The summed E-state index contributed by atoms with van der Waals surface area (Å²) in [4.78, 5) is 19.3. The van der Waals surface area contributed by atoms with Gasteiger partial charge in [0.1, 0.15) is 6.04 Å². The number of piperidine rings is 1. The molecule has 0 bridgehead atoms. The number of rotatable bonds is 4. The number of H-pyrrole nitrogens is 1. The van der Waals surface area contributed by atoms with Crippen LogP contribution in [-0.4, -0.2) is 41.1 Å². The lowest BCUT2D eigenvalue weighted by atomic mass is 9.79. The first-order valence-electron chi connectivity index (χ1n) is 11.7. The first kappa shape index (κ1) is 21.2. The highest BCUT2D eigenvalue weighted by atomic mass is 16.5. The zero-order valence-corrected chi connectivity index (χ0v) is 19.4. The maximum atomic E-state index is 13.1. The number of aromatic amines is 1. The molecule has 5 rings (SSSR count). The van der Waals surface area contributed by atoms with Crippen molar-refractivity contribution >= 4 is 16.9 Å². The van der Waals surface area contributed by atoms with Crippen molar-refractivity contribution in [3.8, 4) is 0 Å². The number of esters is 1. The van der Waals surface area contributed by atoms with Crippen LogP contribution in [0.5, 0.6) is 0 Å². The smallest absolute Gasteiger partial charge is 0.323 e. The second-order valence-corrected chi connectivity index (χ2v) is 9.69. The number of carbonyl (C=O) groups is 1. The fourth-order valence-corrected chi connectivity index (χ4v) is 5.87. The number of hydrogen-bond acceptors (Lipinski definition) is 4. The van der Waals surface area contributed by atoms with Crippen LogP contribution in [0.4, 0.5) is 0 Å². The van der Waals surface area contributed by atoms with Crippen molar-refractivity contribution in [2.24, 2.45) is 0 Å². The maximum Gasteiger partial charge on any atom is 0.323 e. The van der Waals surface area contributed by atoms with Crippen LogP contribution in [0.1, 0.15) is 61.2 Å². The molecule has 2 aliphatic heterocycles. The third-order valence-electron chi connectivity index (χ3n) is 7.18. The Labute approximate surface area is 190 Å². The van der Waals surface area contributed by atoms with Crippen LogP contribution < -0.4 is 5.32 Å². The van der Waals surface area contributed by atoms with Crippen LogP contribution in [-0.2, 0) is 16.0 Å². The summed E-state index contributed by atoms with van der Waals surface area (Å²) in [5.41, 5.74) is 6.20. The number of para-hydroxylation sites is 1. The van der Waals surface area contributed by atoms with Crippen LogP contribution in [0.15, 0.2) is 48.5 Å². The summed E-state index contributed by atoms with van der Waals surface area (Å²) in [7, 11) is 1.51. The predicted molar refractivity (Wildman–Crippen MR) is 128 cm³/mol. The van der Waals surface area contributed by atoms with Gasteiger partial charge >= 0.3 is 5.97 Å². The molecular weight excluding hydrogens is 398 g/mol. The van der Waals surface area contributed by atoms with Crippen molar-refractivity contribution in [3.05, 3.63) is 70.9 Å². The Morgan fingerprint density at radius 2 is 1.81 bits per heavy atom. The molecule has 168 valence electrons. The molecule has 0 saturated carbocycles. The SMILES string of the molecule is COC(=O)[C@@H]1Cc2c([nH]c3ccccc23)[C@H]2C[C@@H](NC(C)C)C[C@@H](c3ccc(C)cc3)N21. The molecule has 2 N–H and O–H groups in total. The van der Waals surface area contributed by atoms with Crippen LogP contribution in [0, 0.1) is 6.92 Å². The van der Waals surface area contributed by atoms with Gasteiger partial charge in [-0.3, -0.25) is 9.69 Å². The number of carbonyl (C=O) groups excluding carboxylic acids is 1. The number of nitrogens with zero attached hydrogens (tertiary/aromatic N) is 1. The standard InChI is InChI=1S/C27H33N3O2/c1-16(2)28-19-13-23(18-11-9-17(3)10-12-18)30-24(14-19)26-21(15-25(30)27(31)32-4)20-7-5-6-8-22(20)29-26/h5-12,16,19,23-25,28-29H,13-15H2,1-4H3/t19-,23-,24+,25-/m0/s1. The van der Waals surface area contributed by atoms with Crippen molar-refractivity contribution in [2.75, 3.05) is 7.11 Å². The third kappa shape index (κ3) is 3.63. The van der Waals surface area contributed by atoms with Gasteiger partial charge in [-0.05, 0) is 37.0 Å². The Balaban J connectivity index is 1.66. The molecule has 1 saturated heterocycles. The number of methoxy groups -OCH3 is 1. The minimum atomic E-state index is -0.289. The highest BCUT2D eigenvalue weighted by molar-refractivity contribution is 5.87. The molecule has 2 aliphatic rings. The third-order valence-corrected chi connectivity index (χ3v) is 7.18. The van der Waals surface area contributed by atoms with Crippen molar-refractivity contribution < 1.29 is 9.53 Å². The zero-order valence-electron chi connectivity index (χ0n) is 19.4. The van der Waals surface area contributed by atoms with Gasteiger partial charge in [0.25, 0.3) is 0 Å². The van der Waals surface area contributed by atoms with Crippen LogP contribution >= 0.6 is 0 Å². The average Bonchev–Trinajstić information content (AvgIpc) is 3.16. The van der Waals surface area contributed by atoms with Gasteiger partial charge in [-0.1, -0.05) is 61.9 Å². The first-order chi connectivity index (χ1) is 15.5.